The standard InChI is InChI=1S/C10H24N2/c1-3-4-5-6-7-8-10(12)9(2)11/h9-10H,3-8,11-12H2,1-2H3. The maximum absolute atomic E-state index is 5.81. The second-order valence-corrected chi connectivity index (χ2v) is 3.73. The maximum Gasteiger partial charge on any atom is 0.0189 e. The van der Waals surface area contributed by atoms with E-state index in [4.69, 9.17) is 11.5 Å². The Morgan fingerprint density at radius 1 is 1.00 bits per heavy atom. The first kappa shape index (κ1) is 11.9. The molecule has 4 N–H and O–H groups in total. The zero-order valence-electron chi connectivity index (χ0n) is 8.55. The van der Waals surface area contributed by atoms with E-state index in [1.165, 1.54) is 32.1 Å². The second-order valence-electron chi connectivity index (χ2n) is 3.73. The smallest absolute Gasteiger partial charge is 0.0189 e. The third-order valence-corrected chi connectivity index (χ3v) is 2.32. The zero-order valence-corrected chi connectivity index (χ0v) is 8.55. The summed E-state index contributed by atoms with van der Waals surface area (Å²) >= 11 is 0. The van der Waals surface area contributed by atoms with Gasteiger partial charge in [0, 0.05) is 12.1 Å². The largest absolute Gasteiger partial charge is 0.327 e. The van der Waals surface area contributed by atoms with Crippen LogP contribution in [-0.2, 0) is 0 Å². The summed E-state index contributed by atoms with van der Waals surface area (Å²) in [5.74, 6) is 0. The van der Waals surface area contributed by atoms with E-state index in [9.17, 15) is 0 Å². The molecule has 0 heterocycles. The average molecular weight is 172 g/mol. The summed E-state index contributed by atoms with van der Waals surface area (Å²) in [5.41, 5.74) is 11.5. The van der Waals surface area contributed by atoms with Crippen molar-refractivity contribution in [2.75, 3.05) is 0 Å². The molecular weight excluding hydrogens is 148 g/mol. The van der Waals surface area contributed by atoms with E-state index in [2.05, 4.69) is 6.92 Å². The van der Waals surface area contributed by atoms with Gasteiger partial charge in [0.05, 0.1) is 0 Å². The molecule has 74 valence electrons. The highest BCUT2D eigenvalue weighted by molar-refractivity contribution is 4.70. The Morgan fingerprint density at radius 3 is 2.08 bits per heavy atom. The quantitative estimate of drug-likeness (QED) is 0.577. The van der Waals surface area contributed by atoms with Crippen molar-refractivity contribution in [1.82, 2.24) is 0 Å². The minimum absolute atomic E-state index is 0.149. The first-order valence-corrected chi connectivity index (χ1v) is 5.19. The lowest BCUT2D eigenvalue weighted by atomic mass is 10.0. The molecule has 0 fully saturated rings. The minimum Gasteiger partial charge on any atom is -0.327 e. The fourth-order valence-corrected chi connectivity index (χ4v) is 1.25. The van der Waals surface area contributed by atoms with Crippen molar-refractivity contribution < 1.29 is 0 Å². The minimum atomic E-state index is 0.149. The van der Waals surface area contributed by atoms with Crippen LogP contribution in [0.15, 0.2) is 0 Å². The molecule has 0 amide bonds. The molecule has 0 aromatic heterocycles. The van der Waals surface area contributed by atoms with Crippen LogP contribution in [0.5, 0.6) is 0 Å². The Hall–Kier alpha value is -0.0800. The number of rotatable bonds is 7. The van der Waals surface area contributed by atoms with Gasteiger partial charge >= 0.3 is 0 Å². The van der Waals surface area contributed by atoms with Crippen LogP contribution >= 0.6 is 0 Å². The molecule has 0 rings (SSSR count). The number of unbranched alkanes of at least 4 members (excludes halogenated alkanes) is 4. The fourth-order valence-electron chi connectivity index (χ4n) is 1.25. The molecule has 0 aromatic carbocycles. The summed E-state index contributed by atoms with van der Waals surface area (Å²) in [6.45, 7) is 4.21. The molecule has 2 nitrogen and oxygen atoms in total. The molecule has 0 aliphatic carbocycles. The third-order valence-electron chi connectivity index (χ3n) is 2.32. The van der Waals surface area contributed by atoms with Crippen molar-refractivity contribution in [2.45, 2.75) is 64.5 Å². The van der Waals surface area contributed by atoms with E-state index in [1.54, 1.807) is 0 Å². The zero-order chi connectivity index (χ0) is 9.40. The van der Waals surface area contributed by atoms with E-state index >= 15 is 0 Å². The van der Waals surface area contributed by atoms with Crippen LogP contribution in [0.4, 0.5) is 0 Å². The molecule has 2 unspecified atom stereocenters. The highest BCUT2D eigenvalue weighted by atomic mass is 14.8. The molecule has 0 aromatic rings. The van der Waals surface area contributed by atoms with Gasteiger partial charge in [-0.1, -0.05) is 39.0 Å². The summed E-state index contributed by atoms with van der Waals surface area (Å²) in [5, 5.41) is 0. The van der Waals surface area contributed by atoms with Gasteiger partial charge in [-0.15, -0.1) is 0 Å². The van der Waals surface area contributed by atoms with Gasteiger partial charge in [0.15, 0.2) is 0 Å². The summed E-state index contributed by atoms with van der Waals surface area (Å²) < 4.78 is 0. The van der Waals surface area contributed by atoms with Crippen LogP contribution in [0.3, 0.4) is 0 Å². The summed E-state index contributed by atoms with van der Waals surface area (Å²) in [6.07, 6.45) is 7.65. The summed E-state index contributed by atoms with van der Waals surface area (Å²) in [7, 11) is 0. The van der Waals surface area contributed by atoms with Crippen molar-refractivity contribution in [1.29, 1.82) is 0 Å². The second kappa shape index (κ2) is 7.56. The Kier molecular flexibility index (Phi) is 7.51. The van der Waals surface area contributed by atoms with Crippen LogP contribution in [0.1, 0.15) is 52.4 Å². The van der Waals surface area contributed by atoms with Crippen molar-refractivity contribution in [3.63, 3.8) is 0 Å². The molecular formula is C10H24N2. The molecule has 12 heavy (non-hydrogen) atoms. The summed E-state index contributed by atoms with van der Waals surface area (Å²) in [4.78, 5) is 0. The third kappa shape index (κ3) is 6.62. The monoisotopic (exact) mass is 172 g/mol. The maximum atomic E-state index is 5.81. The lowest BCUT2D eigenvalue weighted by Gasteiger charge is -2.14. The van der Waals surface area contributed by atoms with E-state index in [1.807, 2.05) is 6.92 Å². The van der Waals surface area contributed by atoms with Gasteiger partial charge in [-0.25, -0.2) is 0 Å². The van der Waals surface area contributed by atoms with Crippen LogP contribution in [0.2, 0.25) is 0 Å². The average Bonchev–Trinajstić information content (AvgIpc) is 2.03. The lowest BCUT2D eigenvalue weighted by Crippen LogP contribution is -2.38. The van der Waals surface area contributed by atoms with Gasteiger partial charge in [-0.2, -0.15) is 0 Å². The molecule has 2 atom stereocenters. The van der Waals surface area contributed by atoms with Crippen molar-refractivity contribution >= 4 is 0 Å². The molecule has 0 saturated heterocycles. The number of hydrogen-bond donors (Lipinski definition) is 2. The Labute approximate surface area is 76.7 Å². The topological polar surface area (TPSA) is 52.0 Å². The predicted molar refractivity (Wildman–Crippen MR) is 55.0 cm³/mol. The van der Waals surface area contributed by atoms with Gasteiger partial charge in [0.2, 0.25) is 0 Å². The van der Waals surface area contributed by atoms with Crippen molar-refractivity contribution in [2.24, 2.45) is 11.5 Å². The van der Waals surface area contributed by atoms with Gasteiger partial charge in [-0.3, -0.25) is 0 Å². The Bertz CT molecular complexity index is 91.8. The van der Waals surface area contributed by atoms with Crippen LogP contribution in [0.25, 0.3) is 0 Å². The van der Waals surface area contributed by atoms with E-state index in [0.717, 1.165) is 6.42 Å². The van der Waals surface area contributed by atoms with Gasteiger partial charge in [0.1, 0.15) is 0 Å². The van der Waals surface area contributed by atoms with Crippen LogP contribution in [0, 0.1) is 0 Å². The summed E-state index contributed by atoms with van der Waals surface area (Å²) in [6, 6.07) is 0.350. The number of nitrogens with two attached hydrogens (primary N) is 2. The van der Waals surface area contributed by atoms with E-state index < -0.39 is 0 Å². The highest BCUT2D eigenvalue weighted by Crippen LogP contribution is 2.07. The first-order valence-electron chi connectivity index (χ1n) is 5.19. The first-order chi connectivity index (χ1) is 5.68. The van der Waals surface area contributed by atoms with E-state index in [0.29, 0.717) is 0 Å². The highest BCUT2D eigenvalue weighted by Gasteiger charge is 2.06. The number of hydrogen-bond acceptors (Lipinski definition) is 2. The van der Waals surface area contributed by atoms with E-state index in [-0.39, 0.29) is 12.1 Å². The molecule has 0 bridgehead atoms. The van der Waals surface area contributed by atoms with Gasteiger partial charge in [0.25, 0.3) is 0 Å². The van der Waals surface area contributed by atoms with Crippen molar-refractivity contribution in [3.8, 4) is 0 Å². The Morgan fingerprint density at radius 2 is 1.58 bits per heavy atom. The molecule has 0 radical (unpaired) electrons. The van der Waals surface area contributed by atoms with Gasteiger partial charge < -0.3 is 11.5 Å². The fraction of sp³-hybridized carbons (Fsp3) is 1.00. The van der Waals surface area contributed by atoms with Gasteiger partial charge in [-0.05, 0) is 13.3 Å². The molecule has 0 spiro atoms. The molecule has 0 aliphatic rings. The molecule has 0 saturated carbocycles. The van der Waals surface area contributed by atoms with Crippen LogP contribution in [-0.4, -0.2) is 12.1 Å². The molecule has 2 heteroatoms. The normalized spacial score (nSPS) is 16.0. The van der Waals surface area contributed by atoms with Crippen molar-refractivity contribution in [3.05, 3.63) is 0 Å². The predicted octanol–water partition coefficient (Wildman–Crippen LogP) is 2.02. The van der Waals surface area contributed by atoms with Crippen LogP contribution < -0.4 is 11.5 Å². The molecule has 0 aliphatic heterocycles. The SMILES string of the molecule is CCCCCCCC(N)C(C)N. The lowest BCUT2D eigenvalue weighted by molar-refractivity contribution is 0.487. The Balaban J connectivity index is 3.08.